The van der Waals surface area contributed by atoms with Crippen LogP contribution in [0.3, 0.4) is 0 Å². The Morgan fingerprint density at radius 3 is 2.64 bits per heavy atom. The number of para-hydroxylation sites is 1. The monoisotopic (exact) mass is 447 g/mol. The van der Waals surface area contributed by atoms with Crippen LogP contribution in [-0.2, 0) is 4.79 Å². The summed E-state index contributed by atoms with van der Waals surface area (Å²) in [5.74, 6) is 3.17. The zero-order chi connectivity index (χ0) is 23.2. The Labute approximate surface area is 196 Å². The molecule has 2 saturated carbocycles. The summed E-state index contributed by atoms with van der Waals surface area (Å²) in [6.45, 7) is 6.11. The third-order valence-corrected chi connectivity index (χ3v) is 6.16. The molecule has 2 aromatic rings. The molecule has 33 heavy (non-hydrogen) atoms. The molecular weight excluding hydrogens is 414 g/mol. The van der Waals surface area contributed by atoms with Crippen LogP contribution in [0.2, 0.25) is 0 Å². The summed E-state index contributed by atoms with van der Waals surface area (Å²) >= 11 is 0. The highest BCUT2D eigenvalue weighted by molar-refractivity contribution is 5.84. The Bertz CT molecular complexity index is 1020. The first-order chi connectivity index (χ1) is 16.0. The van der Waals surface area contributed by atoms with Crippen LogP contribution in [0.1, 0.15) is 56.6 Å². The van der Waals surface area contributed by atoms with Crippen molar-refractivity contribution in [1.82, 2.24) is 5.32 Å². The molecule has 0 saturated heterocycles. The SMILES string of the molecule is C=C(NC(C)=O)c1ccc(OC2CCC(=Cc3cccc(OCCC4CC4)c3OC)C2)cc1. The number of hydrogen-bond acceptors (Lipinski definition) is 4. The lowest BCUT2D eigenvalue weighted by molar-refractivity contribution is -0.117. The lowest BCUT2D eigenvalue weighted by atomic mass is 10.1. The second-order valence-corrected chi connectivity index (χ2v) is 8.93. The van der Waals surface area contributed by atoms with Crippen LogP contribution in [0.5, 0.6) is 17.2 Å². The topological polar surface area (TPSA) is 56.8 Å². The average Bonchev–Trinajstić information content (AvgIpc) is 3.52. The van der Waals surface area contributed by atoms with Crippen LogP contribution in [0, 0.1) is 5.92 Å². The third-order valence-electron chi connectivity index (χ3n) is 6.16. The summed E-state index contributed by atoms with van der Waals surface area (Å²) in [6.07, 6.45) is 9.02. The molecule has 0 aliphatic heterocycles. The fourth-order valence-corrected chi connectivity index (χ4v) is 4.23. The van der Waals surface area contributed by atoms with E-state index < -0.39 is 0 Å². The van der Waals surface area contributed by atoms with E-state index in [0.717, 1.165) is 66.6 Å². The van der Waals surface area contributed by atoms with Crippen molar-refractivity contribution < 1.29 is 19.0 Å². The van der Waals surface area contributed by atoms with Gasteiger partial charge in [-0.05, 0) is 61.1 Å². The second-order valence-electron chi connectivity index (χ2n) is 8.93. The van der Waals surface area contributed by atoms with Gasteiger partial charge in [0.2, 0.25) is 5.91 Å². The van der Waals surface area contributed by atoms with Crippen LogP contribution in [0.15, 0.2) is 54.6 Å². The van der Waals surface area contributed by atoms with Gasteiger partial charge in [0.15, 0.2) is 11.5 Å². The molecule has 2 aromatic carbocycles. The van der Waals surface area contributed by atoms with Crippen molar-refractivity contribution in [3.63, 3.8) is 0 Å². The summed E-state index contributed by atoms with van der Waals surface area (Å²) in [4.78, 5) is 11.2. The number of ether oxygens (including phenoxy) is 3. The maximum Gasteiger partial charge on any atom is 0.221 e. The Hall–Kier alpha value is -3.21. The second kappa shape index (κ2) is 10.6. The fourth-order valence-electron chi connectivity index (χ4n) is 4.23. The first kappa shape index (κ1) is 23.0. The molecule has 0 aromatic heterocycles. The molecule has 5 heteroatoms. The van der Waals surface area contributed by atoms with Crippen LogP contribution in [-0.4, -0.2) is 25.7 Å². The molecule has 2 aliphatic rings. The van der Waals surface area contributed by atoms with Crippen LogP contribution < -0.4 is 19.5 Å². The van der Waals surface area contributed by atoms with Gasteiger partial charge in [0.25, 0.3) is 0 Å². The van der Waals surface area contributed by atoms with E-state index in [2.05, 4.69) is 24.0 Å². The van der Waals surface area contributed by atoms with E-state index in [1.54, 1.807) is 7.11 Å². The Balaban J connectivity index is 1.36. The van der Waals surface area contributed by atoms with Crippen LogP contribution in [0.4, 0.5) is 0 Å². The normalized spacial score (nSPS) is 18.7. The molecule has 5 nitrogen and oxygen atoms in total. The van der Waals surface area contributed by atoms with Crippen molar-refractivity contribution in [3.8, 4) is 17.2 Å². The van der Waals surface area contributed by atoms with Crippen molar-refractivity contribution in [3.05, 3.63) is 65.7 Å². The van der Waals surface area contributed by atoms with E-state index >= 15 is 0 Å². The van der Waals surface area contributed by atoms with Gasteiger partial charge in [0.1, 0.15) is 11.9 Å². The van der Waals surface area contributed by atoms with Crippen molar-refractivity contribution in [2.75, 3.05) is 13.7 Å². The van der Waals surface area contributed by atoms with E-state index in [4.69, 9.17) is 14.2 Å². The quantitative estimate of drug-likeness (QED) is 0.486. The number of nitrogens with one attached hydrogen (secondary N) is 1. The van der Waals surface area contributed by atoms with Gasteiger partial charge < -0.3 is 19.5 Å². The van der Waals surface area contributed by atoms with E-state index in [0.29, 0.717) is 5.70 Å². The predicted molar refractivity (Wildman–Crippen MR) is 131 cm³/mol. The smallest absolute Gasteiger partial charge is 0.221 e. The zero-order valence-corrected chi connectivity index (χ0v) is 19.6. The lowest BCUT2D eigenvalue weighted by Crippen LogP contribution is -2.17. The zero-order valence-electron chi connectivity index (χ0n) is 19.6. The van der Waals surface area contributed by atoms with Gasteiger partial charge in [-0.1, -0.05) is 43.2 Å². The predicted octanol–water partition coefficient (Wildman–Crippen LogP) is 6.00. The Morgan fingerprint density at radius 2 is 1.94 bits per heavy atom. The first-order valence-electron chi connectivity index (χ1n) is 11.7. The van der Waals surface area contributed by atoms with Gasteiger partial charge >= 0.3 is 0 Å². The highest BCUT2D eigenvalue weighted by Gasteiger charge is 2.23. The Morgan fingerprint density at radius 1 is 1.15 bits per heavy atom. The van der Waals surface area contributed by atoms with Crippen molar-refractivity contribution in [2.45, 2.75) is 51.6 Å². The number of amides is 1. The molecule has 0 heterocycles. The van der Waals surface area contributed by atoms with Crippen LogP contribution in [0.25, 0.3) is 11.8 Å². The lowest BCUT2D eigenvalue weighted by Gasteiger charge is -2.14. The fraction of sp³-hybridized carbons (Fsp3) is 0.393. The van der Waals surface area contributed by atoms with Gasteiger partial charge in [-0.2, -0.15) is 0 Å². The van der Waals surface area contributed by atoms with Gasteiger partial charge in [0.05, 0.1) is 13.7 Å². The van der Waals surface area contributed by atoms with Crippen LogP contribution >= 0.6 is 0 Å². The first-order valence-corrected chi connectivity index (χ1v) is 11.7. The number of methoxy groups -OCH3 is 1. The van der Waals surface area contributed by atoms with E-state index in [-0.39, 0.29) is 12.0 Å². The molecular formula is C28H33NO4. The van der Waals surface area contributed by atoms with Gasteiger partial charge in [-0.25, -0.2) is 0 Å². The minimum absolute atomic E-state index is 0.127. The summed E-state index contributed by atoms with van der Waals surface area (Å²) in [5, 5.41) is 2.71. The van der Waals surface area contributed by atoms with E-state index in [9.17, 15) is 4.79 Å². The molecule has 1 amide bonds. The van der Waals surface area contributed by atoms with Gasteiger partial charge in [-0.3, -0.25) is 4.79 Å². The highest BCUT2D eigenvalue weighted by Crippen LogP contribution is 2.37. The molecule has 4 rings (SSSR count). The average molecular weight is 448 g/mol. The Kier molecular flexibility index (Phi) is 7.38. The number of carbonyl (C=O) groups is 1. The summed E-state index contributed by atoms with van der Waals surface area (Å²) < 4.78 is 17.9. The number of carbonyl (C=O) groups excluding carboxylic acids is 1. The molecule has 0 radical (unpaired) electrons. The highest BCUT2D eigenvalue weighted by atomic mass is 16.5. The van der Waals surface area contributed by atoms with Crippen molar-refractivity contribution >= 4 is 17.7 Å². The summed E-state index contributed by atoms with van der Waals surface area (Å²) in [6, 6.07) is 13.8. The maximum absolute atomic E-state index is 11.2. The maximum atomic E-state index is 11.2. The molecule has 2 fully saturated rings. The number of rotatable bonds is 10. The number of hydrogen-bond donors (Lipinski definition) is 1. The molecule has 0 bridgehead atoms. The minimum Gasteiger partial charge on any atom is -0.492 e. The molecule has 1 unspecified atom stereocenters. The van der Waals surface area contributed by atoms with Gasteiger partial charge in [0, 0.05) is 24.6 Å². The molecule has 2 aliphatic carbocycles. The number of benzene rings is 2. The third kappa shape index (κ3) is 6.41. The van der Waals surface area contributed by atoms with Crippen molar-refractivity contribution in [1.29, 1.82) is 0 Å². The summed E-state index contributed by atoms with van der Waals surface area (Å²) in [5.41, 5.74) is 3.87. The summed E-state index contributed by atoms with van der Waals surface area (Å²) in [7, 11) is 1.70. The van der Waals surface area contributed by atoms with E-state index in [1.165, 1.54) is 25.3 Å². The largest absolute Gasteiger partial charge is 0.492 e. The van der Waals surface area contributed by atoms with Crippen molar-refractivity contribution in [2.24, 2.45) is 5.92 Å². The van der Waals surface area contributed by atoms with E-state index in [1.807, 2.05) is 36.4 Å². The molecule has 0 spiro atoms. The van der Waals surface area contributed by atoms with Gasteiger partial charge in [-0.15, -0.1) is 0 Å². The minimum atomic E-state index is -0.127. The molecule has 174 valence electrons. The molecule has 1 N–H and O–H groups in total. The standard InChI is InChI=1S/C28H33NO4/c1-19(29-20(2)30)23-10-13-25(14-11-23)33-26-12-9-22(18-26)17-24-5-4-6-27(28(24)31-3)32-16-15-21-7-8-21/h4-6,10-11,13-14,17,21,26H,1,7-9,12,15-16,18H2,2-3H3,(H,29,30). The molecule has 1 atom stereocenters.